The highest BCUT2D eigenvalue weighted by molar-refractivity contribution is 5.67. The van der Waals surface area contributed by atoms with E-state index in [0.29, 0.717) is 5.92 Å². The third kappa shape index (κ3) is 2.59. The van der Waals surface area contributed by atoms with Crippen molar-refractivity contribution in [2.24, 2.45) is 0 Å². The van der Waals surface area contributed by atoms with Crippen LogP contribution < -0.4 is 5.32 Å². The standard InChI is InChI=1S/C19H23N3/c1-5-20-17-10-11-18-21-19(14(4)22(18)12-17)16-8-6-15(7-9-16)13(2)3/h6-13,20H,5H2,1-4H3. The minimum atomic E-state index is 0.555. The second-order valence-corrected chi connectivity index (χ2v) is 6.00. The van der Waals surface area contributed by atoms with Crippen molar-refractivity contribution in [3.05, 3.63) is 53.9 Å². The van der Waals surface area contributed by atoms with E-state index in [-0.39, 0.29) is 0 Å². The second-order valence-electron chi connectivity index (χ2n) is 6.00. The number of anilines is 1. The predicted molar refractivity (Wildman–Crippen MR) is 93.6 cm³/mol. The maximum absolute atomic E-state index is 4.79. The molecule has 0 aliphatic carbocycles. The molecule has 2 aromatic heterocycles. The van der Waals surface area contributed by atoms with Crippen LogP contribution in [0.3, 0.4) is 0 Å². The maximum atomic E-state index is 4.79. The molecule has 0 unspecified atom stereocenters. The number of aromatic nitrogens is 2. The van der Waals surface area contributed by atoms with Crippen molar-refractivity contribution in [2.45, 2.75) is 33.6 Å². The molecule has 3 heteroatoms. The van der Waals surface area contributed by atoms with Gasteiger partial charge in [-0.05, 0) is 37.5 Å². The summed E-state index contributed by atoms with van der Waals surface area (Å²) in [6, 6.07) is 12.9. The molecule has 0 aliphatic rings. The van der Waals surface area contributed by atoms with Crippen LogP contribution in [-0.2, 0) is 0 Å². The molecule has 3 rings (SSSR count). The van der Waals surface area contributed by atoms with Crippen molar-refractivity contribution in [1.82, 2.24) is 9.38 Å². The molecular weight excluding hydrogens is 270 g/mol. The molecule has 0 aliphatic heterocycles. The first-order chi connectivity index (χ1) is 10.6. The third-order valence-corrected chi connectivity index (χ3v) is 4.09. The maximum Gasteiger partial charge on any atom is 0.137 e. The Kier molecular flexibility index (Phi) is 3.88. The van der Waals surface area contributed by atoms with Crippen molar-refractivity contribution in [2.75, 3.05) is 11.9 Å². The molecule has 22 heavy (non-hydrogen) atoms. The van der Waals surface area contributed by atoms with E-state index in [1.54, 1.807) is 0 Å². The topological polar surface area (TPSA) is 29.3 Å². The molecular formula is C19H23N3. The first-order valence-corrected chi connectivity index (χ1v) is 7.93. The first kappa shape index (κ1) is 14.6. The number of pyridine rings is 1. The number of hydrogen-bond donors (Lipinski definition) is 1. The first-order valence-electron chi connectivity index (χ1n) is 7.93. The van der Waals surface area contributed by atoms with E-state index in [4.69, 9.17) is 4.98 Å². The number of nitrogens with zero attached hydrogens (tertiary/aromatic N) is 2. The van der Waals surface area contributed by atoms with Crippen LogP contribution in [0.4, 0.5) is 5.69 Å². The van der Waals surface area contributed by atoms with E-state index in [9.17, 15) is 0 Å². The van der Waals surface area contributed by atoms with Crippen LogP contribution >= 0.6 is 0 Å². The Morgan fingerprint density at radius 3 is 2.45 bits per heavy atom. The van der Waals surface area contributed by atoms with E-state index in [0.717, 1.165) is 23.6 Å². The summed E-state index contributed by atoms with van der Waals surface area (Å²) in [6.07, 6.45) is 2.12. The van der Waals surface area contributed by atoms with E-state index < -0.39 is 0 Å². The Morgan fingerprint density at radius 2 is 1.82 bits per heavy atom. The Hall–Kier alpha value is -2.29. The summed E-state index contributed by atoms with van der Waals surface area (Å²) in [4.78, 5) is 4.79. The van der Waals surface area contributed by atoms with Gasteiger partial charge in [0.15, 0.2) is 0 Å². The third-order valence-electron chi connectivity index (χ3n) is 4.09. The van der Waals surface area contributed by atoms with Crippen LogP contribution in [0.5, 0.6) is 0 Å². The number of benzene rings is 1. The zero-order valence-corrected chi connectivity index (χ0v) is 13.7. The molecule has 0 bridgehead atoms. The number of aryl methyl sites for hydroxylation is 1. The molecule has 1 N–H and O–H groups in total. The monoisotopic (exact) mass is 293 g/mol. The fourth-order valence-corrected chi connectivity index (χ4v) is 2.77. The van der Waals surface area contributed by atoms with Crippen LogP contribution in [-0.4, -0.2) is 15.9 Å². The van der Waals surface area contributed by atoms with Gasteiger partial charge in [0.1, 0.15) is 5.65 Å². The number of hydrogen-bond acceptors (Lipinski definition) is 2. The molecule has 0 saturated heterocycles. The number of imidazole rings is 1. The number of rotatable bonds is 4. The minimum Gasteiger partial charge on any atom is -0.384 e. The number of fused-ring (bicyclic) bond motifs is 1. The average Bonchev–Trinajstić information content (AvgIpc) is 2.85. The van der Waals surface area contributed by atoms with Gasteiger partial charge in [-0.25, -0.2) is 4.98 Å². The molecule has 0 fully saturated rings. The van der Waals surface area contributed by atoms with Gasteiger partial charge in [0, 0.05) is 24.0 Å². The fourth-order valence-electron chi connectivity index (χ4n) is 2.77. The molecule has 114 valence electrons. The Balaban J connectivity index is 2.05. The molecule has 0 amide bonds. The van der Waals surface area contributed by atoms with E-state index in [1.807, 2.05) is 0 Å². The smallest absolute Gasteiger partial charge is 0.137 e. The van der Waals surface area contributed by atoms with Crippen LogP contribution in [0.15, 0.2) is 42.6 Å². The van der Waals surface area contributed by atoms with Gasteiger partial charge in [-0.3, -0.25) is 0 Å². The normalized spacial score (nSPS) is 11.3. The van der Waals surface area contributed by atoms with Gasteiger partial charge in [0.2, 0.25) is 0 Å². The van der Waals surface area contributed by atoms with Crippen molar-refractivity contribution in [1.29, 1.82) is 0 Å². The Bertz CT molecular complexity index is 782. The summed E-state index contributed by atoms with van der Waals surface area (Å²) in [6.45, 7) is 9.58. The molecule has 3 nitrogen and oxygen atoms in total. The van der Waals surface area contributed by atoms with Crippen molar-refractivity contribution < 1.29 is 0 Å². The fraction of sp³-hybridized carbons (Fsp3) is 0.316. The van der Waals surface area contributed by atoms with Gasteiger partial charge >= 0.3 is 0 Å². The lowest BCUT2D eigenvalue weighted by Crippen LogP contribution is -1.98. The van der Waals surface area contributed by atoms with Gasteiger partial charge in [-0.1, -0.05) is 38.1 Å². The lowest BCUT2D eigenvalue weighted by atomic mass is 10.0. The highest BCUT2D eigenvalue weighted by Gasteiger charge is 2.11. The summed E-state index contributed by atoms with van der Waals surface area (Å²) in [5, 5.41) is 3.35. The van der Waals surface area contributed by atoms with Crippen molar-refractivity contribution >= 4 is 11.3 Å². The minimum absolute atomic E-state index is 0.555. The van der Waals surface area contributed by atoms with Crippen LogP contribution in [0.2, 0.25) is 0 Å². The van der Waals surface area contributed by atoms with E-state index in [2.05, 4.69) is 80.0 Å². The molecule has 0 radical (unpaired) electrons. The van der Waals surface area contributed by atoms with Gasteiger partial charge in [-0.2, -0.15) is 0 Å². The molecule has 0 spiro atoms. The quantitative estimate of drug-likeness (QED) is 0.744. The van der Waals surface area contributed by atoms with E-state index >= 15 is 0 Å². The van der Waals surface area contributed by atoms with Gasteiger partial charge in [-0.15, -0.1) is 0 Å². The Labute approximate surface area is 132 Å². The summed E-state index contributed by atoms with van der Waals surface area (Å²) < 4.78 is 2.16. The van der Waals surface area contributed by atoms with Gasteiger partial charge in [0.25, 0.3) is 0 Å². The lowest BCUT2D eigenvalue weighted by molar-refractivity contribution is 0.867. The van der Waals surface area contributed by atoms with Gasteiger partial charge in [0.05, 0.1) is 11.4 Å². The lowest BCUT2D eigenvalue weighted by Gasteiger charge is -2.06. The van der Waals surface area contributed by atoms with E-state index in [1.165, 1.54) is 16.8 Å². The SMILES string of the molecule is CCNc1ccc2nc(-c3ccc(C(C)C)cc3)c(C)n2c1. The predicted octanol–water partition coefficient (Wildman–Crippen LogP) is 4.86. The Morgan fingerprint density at radius 1 is 1.09 bits per heavy atom. The summed E-state index contributed by atoms with van der Waals surface area (Å²) in [5.74, 6) is 0.555. The van der Waals surface area contributed by atoms with Crippen molar-refractivity contribution in [3.8, 4) is 11.3 Å². The highest BCUT2D eigenvalue weighted by Crippen LogP contribution is 2.26. The molecule has 1 aromatic carbocycles. The molecule has 2 heterocycles. The summed E-state index contributed by atoms with van der Waals surface area (Å²) in [7, 11) is 0. The highest BCUT2D eigenvalue weighted by atomic mass is 15.0. The van der Waals surface area contributed by atoms with Crippen LogP contribution in [0.25, 0.3) is 16.9 Å². The number of nitrogens with one attached hydrogen (secondary N) is 1. The largest absolute Gasteiger partial charge is 0.384 e. The zero-order chi connectivity index (χ0) is 15.7. The molecule has 3 aromatic rings. The molecule has 0 saturated carbocycles. The summed E-state index contributed by atoms with van der Waals surface area (Å²) in [5.41, 5.74) is 6.88. The zero-order valence-electron chi connectivity index (χ0n) is 13.7. The van der Waals surface area contributed by atoms with Crippen LogP contribution in [0, 0.1) is 6.92 Å². The summed E-state index contributed by atoms with van der Waals surface area (Å²) >= 11 is 0. The average molecular weight is 293 g/mol. The molecule has 0 atom stereocenters. The van der Waals surface area contributed by atoms with Crippen molar-refractivity contribution in [3.63, 3.8) is 0 Å². The second kappa shape index (κ2) is 5.84. The van der Waals surface area contributed by atoms with Gasteiger partial charge < -0.3 is 9.72 Å². The van der Waals surface area contributed by atoms with Crippen LogP contribution in [0.1, 0.15) is 37.9 Å².